The predicted molar refractivity (Wildman–Crippen MR) is 61.5 cm³/mol. The van der Waals surface area contributed by atoms with E-state index in [1.807, 2.05) is 0 Å². The minimum absolute atomic E-state index is 0. The van der Waals surface area contributed by atoms with Crippen molar-refractivity contribution < 1.29 is 41.6 Å². The van der Waals surface area contributed by atoms with Crippen LogP contribution in [0.5, 0.6) is 0 Å². The first kappa shape index (κ1) is 18.9. The van der Waals surface area contributed by atoms with Crippen LogP contribution >= 0.6 is 0 Å². The molecule has 1 radical (unpaired) electrons. The number of hydrogen-bond donors (Lipinski definition) is 2. The van der Waals surface area contributed by atoms with Crippen LogP contribution in [0, 0.1) is 0 Å². The van der Waals surface area contributed by atoms with Gasteiger partial charge in [0.2, 0.25) is 0 Å². The molecule has 0 bridgehead atoms. The van der Waals surface area contributed by atoms with Crippen LogP contribution in [0.2, 0.25) is 0 Å². The van der Waals surface area contributed by atoms with E-state index >= 15 is 0 Å². The molecule has 95 valence electrons. The number of halogens is 2. The van der Waals surface area contributed by atoms with Crippen LogP contribution in [0.1, 0.15) is 0 Å². The molecule has 0 heterocycles. The molecule has 2 aromatic rings. The third kappa shape index (κ3) is 4.73. The standard InChI is InChI=1S/C12H14N2.2ClH.Co/c13-8-9-14-12-7-3-5-10-4-1-2-6-11(10)12;;;/h1-7,14H,8-9,13H2;2*1H;/q;;;+2/p-2. The van der Waals surface area contributed by atoms with Gasteiger partial charge in [-0.15, -0.1) is 0 Å². The van der Waals surface area contributed by atoms with Gasteiger partial charge in [0.25, 0.3) is 0 Å². The predicted octanol–water partition coefficient (Wildman–Crippen LogP) is -3.78. The van der Waals surface area contributed by atoms with E-state index in [1.54, 1.807) is 0 Å². The zero-order valence-corrected chi connectivity index (χ0v) is 11.7. The van der Waals surface area contributed by atoms with Gasteiger partial charge in [0.05, 0.1) is 0 Å². The maximum Gasteiger partial charge on any atom is 2.00 e. The van der Waals surface area contributed by atoms with E-state index in [-0.39, 0.29) is 41.6 Å². The third-order valence-corrected chi connectivity index (χ3v) is 2.25. The second kappa shape index (κ2) is 9.56. The Hall–Kier alpha value is -0.454. The summed E-state index contributed by atoms with van der Waals surface area (Å²) in [5.41, 5.74) is 6.62. The fourth-order valence-electron chi connectivity index (χ4n) is 1.59. The molecule has 0 aliphatic carbocycles. The fourth-order valence-corrected chi connectivity index (χ4v) is 1.59. The number of hydrogen-bond acceptors (Lipinski definition) is 2. The average Bonchev–Trinajstić information content (AvgIpc) is 2.26. The molecule has 2 rings (SSSR count). The SMILES string of the molecule is NCCNc1cccc2ccccc12.[Cl-].[Cl-].[Co+2]. The van der Waals surface area contributed by atoms with E-state index in [0.717, 1.165) is 12.2 Å². The maximum atomic E-state index is 5.46. The van der Waals surface area contributed by atoms with Crippen molar-refractivity contribution in [3.05, 3.63) is 42.5 Å². The van der Waals surface area contributed by atoms with Crippen molar-refractivity contribution >= 4 is 16.5 Å². The minimum Gasteiger partial charge on any atom is -1.00 e. The first-order chi connectivity index (χ1) is 6.92. The zero-order chi connectivity index (χ0) is 9.80. The zero-order valence-electron chi connectivity index (χ0n) is 9.12. The Morgan fingerprint density at radius 3 is 2.29 bits per heavy atom. The molecule has 0 atom stereocenters. The average molecular weight is 316 g/mol. The molecular formula is C12H14Cl2CoN2. The molecule has 2 aromatic carbocycles. The van der Waals surface area contributed by atoms with E-state index in [1.165, 1.54) is 10.8 Å². The molecule has 0 unspecified atom stereocenters. The van der Waals surface area contributed by atoms with Crippen LogP contribution in [-0.2, 0) is 16.8 Å². The number of benzene rings is 2. The maximum absolute atomic E-state index is 5.46. The fraction of sp³-hybridized carbons (Fsp3) is 0.167. The summed E-state index contributed by atoms with van der Waals surface area (Å²) in [6, 6.07) is 14.6. The van der Waals surface area contributed by atoms with Crippen molar-refractivity contribution in [3.63, 3.8) is 0 Å². The first-order valence-corrected chi connectivity index (χ1v) is 4.83. The van der Waals surface area contributed by atoms with E-state index in [0.29, 0.717) is 6.54 Å². The van der Waals surface area contributed by atoms with Crippen LogP contribution in [0.3, 0.4) is 0 Å². The Labute approximate surface area is 124 Å². The van der Waals surface area contributed by atoms with Crippen LogP contribution in [0.25, 0.3) is 10.8 Å². The summed E-state index contributed by atoms with van der Waals surface area (Å²) in [6.45, 7) is 1.47. The van der Waals surface area contributed by atoms with E-state index < -0.39 is 0 Å². The monoisotopic (exact) mass is 315 g/mol. The largest absolute Gasteiger partial charge is 2.00 e. The topological polar surface area (TPSA) is 38.0 Å². The molecular weight excluding hydrogens is 302 g/mol. The molecule has 0 fully saturated rings. The molecule has 0 aliphatic rings. The molecule has 17 heavy (non-hydrogen) atoms. The van der Waals surface area contributed by atoms with Gasteiger partial charge < -0.3 is 35.9 Å². The van der Waals surface area contributed by atoms with Gasteiger partial charge >= 0.3 is 16.8 Å². The van der Waals surface area contributed by atoms with Gasteiger partial charge in [-0.05, 0) is 11.5 Å². The van der Waals surface area contributed by atoms with E-state index in [4.69, 9.17) is 5.73 Å². The van der Waals surface area contributed by atoms with E-state index in [9.17, 15) is 0 Å². The van der Waals surface area contributed by atoms with Crippen molar-refractivity contribution in [1.29, 1.82) is 0 Å². The van der Waals surface area contributed by atoms with Gasteiger partial charge in [-0.3, -0.25) is 0 Å². The summed E-state index contributed by atoms with van der Waals surface area (Å²) in [5.74, 6) is 0. The normalized spacial score (nSPS) is 8.53. The Morgan fingerprint density at radius 2 is 1.59 bits per heavy atom. The van der Waals surface area contributed by atoms with Gasteiger partial charge in [-0.25, -0.2) is 0 Å². The Balaban J connectivity index is 0. The number of fused-ring (bicyclic) bond motifs is 1. The molecule has 0 aromatic heterocycles. The van der Waals surface area contributed by atoms with Crippen molar-refractivity contribution in [2.24, 2.45) is 5.73 Å². The number of anilines is 1. The second-order valence-corrected chi connectivity index (χ2v) is 3.24. The Kier molecular flexibility index (Phi) is 10.6. The van der Waals surface area contributed by atoms with Crippen LogP contribution in [-0.4, -0.2) is 13.1 Å². The van der Waals surface area contributed by atoms with Gasteiger partial charge in [-0.2, -0.15) is 0 Å². The van der Waals surface area contributed by atoms with Crippen molar-refractivity contribution in [3.8, 4) is 0 Å². The quantitative estimate of drug-likeness (QED) is 0.610. The summed E-state index contributed by atoms with van der Waals surface area (Å²) in [6.07, 6.45) is 0. The number of rotatable bonds is 3. The van der Waals surface area contributed by atoms with Gasteiger partial charge in [0.1, 0.15) is 0 Å². The van der Waals surface area contributed by atoms with Crippen molar-refractivity contribution in [2.75, 3.05) is 18.4 Å². The Morgan fingerprint density at radius 1 is 0.941 bits per heavy atom. The molecule has 0 aliphatic heterocycles. The molecule has 0 saturated carbocycles. The van der Waals surface area contributed by atoms with Crippen molar-refractivity contribution in [1.82, 2.24) is 0 Å². The Bertz CT molecular complexity index is 432. The molecule has 3 N–H and O–H groups in total. The summed E-state index contributed by atoms with van der Waals surface area (Å²) < 4.78 is 0. The first-order valence-electron chi connectivity index (χ1n) is 4.83. The summed E-state index contributed by atoms with van der Waals surface area (Å²) in [7, 11) is 0. The summed E-state index contributed by atoms with van der Waals surface area (Å²) >= 11 is 0. The molecule has 0 spiro atoms. The summed E-state index contributed by atoms with van der Waals surface area (Å²) in [5, 5.41) is 5.82. The van der Waals surface area contributed by atoms with Gasteiger partial charge in [0, 0.05) is 24.2 Å². The van der Waals surface area contributed by atoms with Gasteiger partial charge in [-0.1, -0.05) is 36.4 Å². The molecule has 5 heteroatoms. The molecule has 0 saturated heterocycles. The smallest absolute Gasteiger partial charge is 1.00 e. The number of nitrogens with one attached hydrogen (secondary N) is 1. The van der Waals surface area contributed by atoms with E-state index in [2.05, 4.69) is 47.8 Å². The molecule has 0 amide bonds. The minimum atomic E-state index is 0. The molecule has 2 nitrogen and oxygen atoms in total. The van der Waals surface area contributed by atoms with Crippen LogP contribution < -0.4 is 35.9 Å². The van der Waals surface area contributed by atoms with Crippen LogP contribution in [0.4, 0.5) is 5.69 Å². The number of nitrogens with two attached hydrogens (primary N) is 1. The van der Waals surface area contributed by atoms with Crippen LogP contribution in [0.15, 0.2) is 42.5 Å². The van der Waals surface area contributed by atoms with Crippen molar-refractivity contribution in [2.45, 2.75) is 0 Å². The third-order valence-electron chi connectivity index (χ3n) is 2.25. The van der Waals surface area contributed by atoms with Gasteiger partial charge in [0.15, 0.2) is 0 Å². The second-order valence-electron chi connectivity index (χ2n) is 3.24. The summed E-state index contributed by atoms with van der Waals surface area (Å²) in [4.78, 5) is 0.